The van der Waals surface area contributed by atoms with E-state index in [0.29, 0.717) is 0 Å². The lowest BCUT2D eigenvalue weighted by Gasteiger charge is -2.26. The van der Waals surface area contributed by atoms with E-state index >= 15 is 0 Å². The summed E-state index contributed by atoms with van der Waals surface area (Å²) in [6.07, 6.45) is 0. The lowest BCUT2D eigenvalue weighted by Crippen LogP contribution is -2.10. The van der Waals surface area contributed by atoms with E-state index in [4.69, 9.17) is 4.42 Å². The van der Waals surface area contributed by atoms with Crippen LogP contribution in [0, 0.1) is 0 Å². The molecule has 2 aromatic heterocycles. The largest absolute Gasteiger partial charge is 0.453 e. The molecule has 0 aliphatic heterocycles. The summed E-state index contributed by atoms with van der Waals surface area (Å²) in [5.41, 5.74) is 9.61. The first-order chi connectivity index (χ1) is 24.3. The lowest BCUT2D eigenvalue weighted by atomic mass is 10.0. The normalized spacial score (nSPS) is 11.7. The molecule has 0 bridgehead atoms. The Bertz CT molecular complexity index is 2830. The van der Waals surface area contributed by atoms with E-state index in [-0.39, 0.29) is 0 Å². The first kappa shape index (κ1) is 27.9. The van der Waals surface area contributed by atoms with Crippen LogP contribution in [0.1, 0.15) is 0 Å². The number of fused-ring (bicyclic) bond motifs is 7. The summed E-state index contributed by atoms with van der Waals surface area (Å²) in [5, 5.41) is 7.22. The van der Waals surface area contributed by atoms with Gasteiger partial charge >= 0.3 is 0 Å². The Kier molecular flexibility index (Phi) is 6.39. The molecule has 0 N–H and O–H groups in total. The summed E-state index contributed by atoms with van der Waals surface area (Å²) in [5.74, 6) is 0. The van der Waals surface area contributed by atoms with E-state index in [1.807, 2.05) is 11.3 Å². The van der Waals surface area contributed by atoms with Crippen LogP contribution in [-0.4, -0.2) is 0 Å². The van der Waals surface area contributed by atoms with Gasteiger partial charge in [0.25, 0.3) is 0 Å². The fourth-order valence-corrected chi connectivity index (χ4v) is 8.48. The van der Waals surface area contributed by atoms with Gasteiger partial charge in [-0.25, -0.2) is 0 Å². The molecule has 0 spiro atoms. The summed E-state index contributed by atoms with van der Waals surface area (Å²) in [4.78, 5) is 2.39. The van der Waals surface area contributed by atoms with Crippen molar-refractivity contribution in [3.63, 3.8) is 0 Å². The van der Waals surface area contributed by atoms with E-state index in [2.05, 4.69) is 181 Å². The molecule has 230 valence electrons. The number of nitrogens with zero attached hydrogens (tertiary/aromatic N) is 1. The van der Waals surface area contributed by atoms with Gasteiger partial charge in [0.2, 0.25) is 0 Å². The van der Waals surface area contributed by atoms with Crippen molar-refractivity contribution in [3.05, 3.63) is 176 Å². The van der Waals surface area contributed by atoms with Crippen LogP contribution < -0.4 is 4.90 Å². The van der Waals surface area contributed by atoms with E-state index in [1.165, 1.54) is 42.1 Å². The average Bonchev–Trinajstić information content (AvgIpc) is 3.75. The van der Waals surface area contributed by atoms with Crippen molar-refractivity contribution in [2.45, 2.75) is 0 Å². The molecule has 0 saturated carbocycles. The van der Waals surface area contributed by atoms with Crippen LogP contribution in [0.25, 0.3) is 75.1 Å². The molecule has 49 heavy (non-hydrogen) atoms. The molecule has 3 heteroatoms. The van der Waals surface area contributed by atoms with Crippen molar-refractivity contribution >= 4 is 81.3 Å². The zero-order valence-corrected chi connectivity index (χ0v) is 27.3. The molecule has 10 rings (SSSR count). The number of hydrogen-bond acceptors (Lipinski definition) is 3. The molecule has 0 atom stereocenters. The summed E-state index contributed by atoms with van der Waals surface area (Å²) < 4.78 is 9.52. The highest BCUT2D eigenvalue weighted by Crippen LogP contribution is 2.48. The minimum atomic E-state index is 0.871. The molecule has 2 heterocycles. The number of thiophene rings is 1. The van der Waals surface area contributed by atoms with Crippen molar-refractivity contribution in [2.24, 2.45) is 0 Å². The van der Waals surface area contributed by atoms with Gasteiger partial charge in [0, 0.05) is 42.2 Å². The molecule has 0 saturated heterocycles. The van der Waals surface area contributed by atoms with Gasteiger partial charge in [-0.05, 0) is 69.9 Å². The van der Waals surface area contributed by atoms with Crippen LogP contribution in [0.2, 0.25) is 0 Å². The number of hydrogen-bond donors (Lipinski definition) is 0. The molecular weight excluding hydrogens is 615 g/mol. The summed E-state index contributed by atoms with van der Waals surface area (Å²) in [7, 11) is 0. The first-order valence-electron chi connectivity index (χ1n) is 16.6. The van der Waals surface area contributed by atoms with Gasteiger partial charge in [0.05, 0.1) is 11.4 Å². The van der Waals surface area contributed by atoms with E-state index in [1.54, 1.807) is 0 Å². The Morgan fingerprint density at radius 3 is 1.94 bits per heavy atom. The minimum absolute atomic E-state index is 0.871. The van der Waals surface area contributed by atoms with Crippen LogP contribution >= 0.6 is 11.3 Å². The summed E-state index contributed by atoms with van der Waals surface area (Å²) >= 11 is 1.84. The maximum absolute atomic E-state index is 6.97. The van der Waals surface area contributed by atoms with Gasteiger partial charge in [-0.2, -0.15) is 0 Å². The second-order valence-electron chi connectivity index (χ2n) is 12.5. The SMILES string of the molecule is c1ccc(-c2cccc3c2oc2c(N(c4ccc(-c5ccc6ccccc6c5)cc4)c4cccc5sc6ccccc6c45)cccc23)cc1. The Balaban J connectivity index is 1.21. The molecule has 0 aliphatic rings. The number of para-hydroxylation sites is 2. The molecule has 0 radical (unpaired) electrons. The maximum Gasteiger partial charge on any atom is 0.159 e. The third-order valence-corrected chi connectivity index (χ3v) is 10.8. The van der Waals surface area contributed by atoms with Gasteiger partial charge in [-0.15, -0.1) is 11.3 Å². The number of anilines is 3. The van der Waals surface area contributed by atoms with E-state index < -0.39 is 0 Å². The second-order valence-corrected chi connectivity index (χ2v) is 13.6. The molecule has 0 unspecified atom stereocenters. The molecule has 0 aliphatic carbocycles. The highest BCUT2D eigenvalue weighted by atomic mass is 32.1. The molecule has 10 aromatic rings. The number of furan rings is 1. The molecule has 2 nitrogen and oxygen atoms in total. The van der Waals surface area contributed by atoms with Crippen molar-refractivity contribution < 1.29 is 4.42 Å². The van der Waals surface area contributed by atoms with Crippen molar-refractivity contribution in [3.8, 4) is 22.3 Å². The first-order valence-corrected chi connectivity index (χ1v) is 17.4. The lowest BCUT2D eigenvalue weighted by molar-refractivity contribution is 0.670. The van der Waals surface area contributed by atoms with Crippen LogP contribution in [0.3, 0.4) is 0 Å². The highest BCUT2D eigenvalue weighted by Gasteiger charge is 2.23. The van der Waals surface area contributed by atoms with Crippen LogP contribution in [0.4, 0.5) is 17.1 Å². The van der Waals surface area contributed by atoms with E-state index in [0.717, 1.165) is 50.1 Å². The third kappa shape index (κ3) is 4.55. The molecule has 0 amide bonds. The van der Waals surface area contributed by atoms with Gasteiger partial charge in [0.1, 0.15) is 5.58 Å². The molecular formula is C46H29NOS. The Morgan fingerprint density at radius 1 is 0.408 bits per heavy atom. The highest BCUT2D eigenvalue weighted by molar-refractivity contribution is 7.26. The van der Waals surface area contributed by atoms with Gasteiger partial charge in [-0.3, -0.25) is 0 Å². The average molecular weight is 644 g/mol. The Hall–Kier alpha value is -6.16. The van der Waals surface area contributed by atoms with Gasteiger partial charge < -0.3 is 9.32 Å². The number of benzene rings is 8. The second kappa shape index (κ2) is 11.2. The zero-order chi connectivity index (χ0) is 32.3. The predicted octanol–water partition coefficient (Wildman–Crippen LogP) is 13.9. The quantitative estimate of drug-likeness (QED) is 0.186. The van der Waals surface area contributed by atoms with Crippen LogP contribution in [0.5, 0.6) is 0 Å². The Labute approximate surface area is 287 Å². The monoisotopic (exact) mass is 643 g/mol. The predicted molar refractivity (Wildman–Crippen MR) is 210 cm³/mol. The zero-order valence-electron chi connectivity index (χ0n) is 26.5. The third-order valence-electron chi connectivity index (χ3n) is 9.66. The standard InChI is InChI=1S/C46H29NOS/c1-2-12-32(13-3-1)36-16-8-17-37-38-18-9-20-41(46(38)48-45(36)37)47(40-19-10-22-43-44(40)39-15-6-7-21-42(39)49-43)35-27-25-31(26-28-35)34-24-23-30-11-4-5-14-33(30)29-34/h1-29H. The van der Waals surface area contributed by atoms with Gasteiger partial charge in [-0.1, -0.05) is 133 Å². The molecule has 0 fully saturated rings. The fraction of sp³-hybridized carbons (Fsp3) is 0. The maximum atomic E-state index is 6.97. The van der Waals surface area contributed by atoms with E-state index in [9.17, 15) is 0 Å². The van der Waals surface area contributed by atoms with Crippen molar-refractivity contribution in [1.29, 1.82) is 0 Å². The van der Waals surface area contributed by atoms with Gasteiger partial charge in [0.15, 0.2) is 5.58 Å². The van der Waals surface area contributed by atoms with Crippen LogP contribution in [0.15, 0.2) is 180 Å². The number of rotatable bonds is 5. The topological polar surface area (TPSA) is 16.4 Å². The summed E-state index contributed by atoms with van der Waals surface area (Å²) in [6.45, 7) is 0. The molecule has 8 aromatic carbocycles. The fourth-order valence-electron chi connectivity index (χ4n) is 7.35. The summed E-state index contributed by atoms with van der Waals surface area (Å²) in [6, 6.07) is 63.1. The van der Waals surface area contributed by atoms with Crippen molar-refractivity contribution in [1.82, 2.24) is 0 Å². The Morgan fingerprint density at radius 2 is 1.06 bits per heavy atom. The smallest absolute Gasteiger partial charge is 0.159 e. The van der Waals surface area contributed by atoms with Crippen LogP contribution in [-0.2, 0) is 0 Å². The minimum Gasteiger partial charge on any atom is -0.453 e. The van der Waals surface area contributed by atoms with Crippen molar-refractivity contribution in [2.75, 3.05) is 4.90 Å².